The van der Waals surface area contributed by atoms with E-state index in [9.17, 15) is 4.79 Å². The third-order valence-electron chi connectivity index (χ3n) is 3.88. The zero-order valence-corrected chi connectivity index (χ0v) is 13.9. The Bertz CT molecular complexity index is 695. The Kier molecular flexibility index (Phi) is 4.59. The van der Waals surface area contributed by atoms with Crippen molar-refractivity contribution >= 4 is 21.8 Å². The molecule has 0 atom stereocenters. The molecule has 1 aliphatic rings. The quantitative estimate of drug-likeness (QED) is 0.875. The van der Waals surface area contributed by atoms with E-state index in [1.54, 1.807) is 0 Å². The summed E-state index contributed by atoms with van der Waals surface area (Å²) >= 11 is 3.49. The fourth-order valence-electron chi connectivity index (χ4n) is 2.87. The molecule has 3 rings (SSSR count). The van der Waals surface area contributed by atoms with Gasteiger partial charge in [0.1, 0.15) is 0 Å². The molecular formula is C16H19BrN4O. The van der Waals surface area contributed by atoms with E-state index in [1.807, 2.05) is 28.9 Å². The fraction of sp³-hybridized carbons (Fsp3) is 0.375. The van der Waals surface area contributed by atoms with Crippen molar-refractivity contribution < 1.29 is 4.79 Å². The second-order valence-corrected chi connectivity index (χ2v) is 6.33. The van der Waals surface area contributed by atoms with Crippen LogP contribution in [0.4, 0.5) is 0 Å². The summed E-state index contributed by atoms with van der Waals surface area (Å²) in [6.45, 7) is 0.900. The lowest BCUT2D eigenvalue weighted by atomic mass is 9.95. The molecule has 0 saturated heterocycles. The van der Waals surface area contributed by atoms with Crippen LogP contribution < -0.4 is 11.1 Å². The number of nitrogens with two attached hydrogens (primary N) is 1. The number of fused-ring (bicyclic) bond motifs is 1. The van der Waals surface area contributed by atoms with Gasteiger partial charge in [-0.05, 0) is 43.9 Å². The normalized spacial score (nSPS) is 13.7. The van der Waals surface area contributed by atoms with Gasteiger partial charge in [-0.15, -0.1) is 0 Å². The van der Waals surface area contributed by atoms with Crippen LogP contribution in [0, 0.1) is 0 Å². The van der Waals surface area contributed by atoms with Gasteiger partial charge in [0.05, 0.1) is 5.69 Å². The number of benzene rings is 1. The zero-order valence-electron chi connectivity index (χ0n) is 12.3. The van der Waals surface area contributed by atoms with E-state index >= 15 is 0 Å². The SMILES string of the molecule is NCCNC(=O)c1nn(-c2cccc(Br)c2)c2c1CCCC2. The van der Waals surface area contributed by atoms with E-state index in [-0.39, 0.29) is 5.91 Å². The minimum atomic E-state index is -0.127. The number of amides is 1. The van der Waals surface area contributed by atoms with E-state index < -0.39 is 0 Å². The lowest BCUT2D eigenvalue weighted by molar-refractivity contribution is 0.0948. The van der Waals surface area contributed by atoms with Crippen LogP contribution in [0.25, 0.3) is 5.69 Å². The fourth-order valence-corrected chi connectivity index (χ4v) is 3.26. The standard InChI is InChI=1S/C16H19BrN4O/c17-11-4-3-5-12(10-11)21-14-7-2-1-6-13(14)15(20-21)16(22)19-9-8-18/h3-5,10H,1-2,6-9,18H2,(H,19,22). The van der Waals surface area contributed by atoms with Crippen molar-refractivity contribution in [2.45, 2.75) is 25.7 Å². The van der Waals surface area contributed by atoms with Crippen molar-refractivity contribution in [1.82, 2.24) is 15.1 Å². The summed E-state index contributed by atoms with van der Waals surface area (Å²) in [6, 6.07) is 7.98. The molecule has 3 N–H and O–H groups in total. The number of hydrogen-bond acceptors (Lipinski definition) is 3. The maximum atomic E-state index is 12.3. The van der Waals surface area contributed by atoms with Crippen LogP contribution in [0.15, 0.2) is 28.7 Å². The van der Waals surface area contributed by atoms with Gasteiger partial charge in [0.15, 0.2) is 5.69 Å². The molecule has 0 radical (unpaired) electrons. The summed E-state index contributed by atoms with van der Waals surface area (Å²) < 4.78 is 2.91. The molecule has 1 aromatic heterocycles. The Balaban J connectivity index is 2.04. The number of nitrogens with one attached hydrogen (secondary N) is 1. The Morgan fingerprint density at radius 1 is 1.36 bits per heavy atom. The van der Waals surface area contributed by atoms with Gasteiger partial charge in [0.25, 0.3) is 5.91 Å². The van der Waals surface area contributed by atoms with E-state index in [0.29, 0.717) is 18.8 Å². The van der Waals surface area contributed by atoms with Gasteiger partial charge in [0.2, 0.25) is 0 Å². The smallest absolute Gasteiger partial charge is 0.272 e. The summed E-state index contributed by atoms with van der Waals surface area (Å²) in [4.78, 5) is 12.3. The third kappa shape index (κ3) is 2.94. The first-order valence-corrected chi connectivity index (χ1v) is 8.35. The zero-order chi connectivity index (χ0) is 15.5. The summed E-state index contributed by atoms with van der Waals surface area (Å²) in [5, 5.41) is 7.42. The van der Waals surface area contributed by atoms with Gasteiger partial charge in [-0.1, -0.05) is 22.0 Å². The largest absolute Gasteiger partial charge is 0.349 e. The number of aromatic nitrogens is 2. The summed E-state index contributed by atoms with van der Waals surface area (Å²) in [7, 11) is 0. The molecule has 1 amide bonds. The molecule has 22 heavy (non-hydrogen) atoms. The molecule has 5 nitrogen and oxygen atoms in total. The molecule has 0 spiro atoms. The van der Waals surface area contributed by atoms with E-state index in [0.717, 1.165) is 47.1 Å². The van der Waals surface area contributed by atoms with Crippen LogP contribution in [0.3, 0.4) is 0 Å². The highest BCUT2D eigenvalue weighted by molar-refractivity contribution is 9.10. The molecule has 0 fully saturated rings. The minimum Gasteiger partial charge on any atom is -0.349 e. The summed E-state index contributed by atoms with van der Waals surface area (Å²) in [5.74, 6) is -0.127. The Morgan fingerprint density at radius 2 is 2.18 bits per heavy atom. The highest BCUT2D eigenvalue weighted by Crippen LogP contribution is 2.27. The lowest BCUT2D eigenvalue weighted by Gasteiger charge is -2.14. The van der Waals surface area contributed by atoms with Crippen molar-refractivity contribution in [2.75, 3.05) is 13.1 Å². The predicted octanol–water partition coefficient (Wildman–Crippen LogP) is 2.20. The molecule has 1 aliphatic carbocycles. The first-order valence-electron chi connectivity index (χ1n) is 7.55. The molecule has 116 valence electrons. The van der Waals surface area contributed by atoms with Crippen molar-refractivity contribution in [2.24, 2.45) is 5.73 Å². The predicted molar refractivity (Wildman–Crippen MR) is 89.3 cm³/mol. The van der Waals surface area contributed by atoms with Crippen molar-refractivity contribution in [1.29, 1.82) is 0 Å². The number of hydrogen-bond donors (Lipinski definition) is 2. The van der Waals surface area contributed by atoms with Crippen LogP contribution in [0.5, 0.6) is 0 Å². The Hall–Kier alpha value is -1.66. The van der Waals surface area contributed by atoms with Gasteiger partial charge in [0, 0.05) is 28.8 Å². The Morgan fingerprint density at radius 3 is 2.95 bits per heavy atom. The van der Waals surface area contributed by atoms with E-state index in [4.69, 9.17) is 5.73 Å². The maximum Gasteiger partial charge on any atom is 0.272 e. The van der Waals surface area contributed by atoms with E-state index in [1.165, 1.54) is 0 Å². The molecular weight excluding hydrogens is 344 g/mol. The van der Waals surface area contributed by atoms with E-state index in [2.05, 4.69) is 26.3 Å². The van der Waals surface area contributed by atoms with Crippen molar-refractivity contribution in [3.05, 3.63) is 45.7 Å². The average Bonchev–Trinajstić information content (AvgIpc) is 2.92. The summed E-state index contributed by atoms with van der Waals surface area (Å²) in [5.41, 5.74) is 9.22. The monoisotopic (exact) mass is 362 g/mol. The van der Waals surface area contributed by atoms with Gasteiger partial charge in [-0.25, -0.2) is 4.68 Å². The number of carbonyl (C=O) groups excluding carboxylic acids is 1. The highest BCUT2D eigenvalue weighted by Gasteiger charge is 2.25. The van der Waals surface area contributed by atoms with Crippen LogP contribution in [0.2, 0.25) is 0 Å². The first-order chi connectivity index (χ1) is 10.7. The number of rotatable bonds is 4. The molecule has 0 unspecified atom stereocenters. The van der Waals surface area contributed by atoms with Gasteiger partial charge in [-0.3, -0.25) is 4.79 Å². The molecule has 1 heterocycles. The van der Waals surface area contributed by atoms with Crippen LogP contribution >= 0.6 is 15.9 Å². The van der Waals surface area contributed by atoms with Crippen molar-refractivity contribution in [3.63, 3.8) is 0 Å². The number of halogens is 1. The topological polar surface area (TPSA) is 72.9 Å². The summed E-state index contributed by atoms with van der Waals surface area (Å²) in [6.07, 6.45) is 4.11. The first kappa shape index (κ1) is 15.2. The second-order valence-electron chi connectivity index (χ2n) is 5.42. The maximum absolute atomic E-state index is 12.3. The molecule has 0 bridgehead atoms. The molecule has 0 saturated carbocycles. The molecule has 2 aromatic rings. The van der Waals surface area contributed by atoms with Crippen LogP contribution in [0.1, 0.15) is 34.6 Å². The highest BCUT2D eigenvalue weighted by atomic mass is 79.9. The Labute approximate surface area is 138 Å². The van der Waals surface area contributed by atoms with Crippen LogP contribution in [-0.2, 0) is 12.8 Å². The number of nitrogens with zero attached hydrogens (tertiary/aromatic N) is 2. The molecule has 6 heteroatoms. The second kappa shape index (κ2) is 6.62. The molecule has 0 aliphatic heterocycles. The van der Waals surface area contributed by atoms with Crippen molar-refractivity contribution in [3.8, 4) is 5.69 Å². The minimum absolute atomic E-state index is 0.127. The van der Waals surface area contributed by atoms with Gasteiger partial charge < -0.3 is 11.1 Å². The van der Waals surface area contributed by atoms with Gasteiger partial charge in [-0.2, -0.15) is 5.10 Å². The van der Waals surface area contributed by atoms with Crippen LogP contribution in [-0.4, -0.2) is 28.8 Å². The lowest BCUT2D eigenvalue weighted by Crippen LogP contribution is -2.30. The average molecular weight is 363 g/mol. The third-order valence-corrected chi connectivity index (χ3v) is 4.37. The van der Waals surface area contributed by atoms with Gasteiger partial charge >= 0.3 is 0 Å². The molecule has 1 aromatic carbocycles. The number of carbonyl (C=O) groups is 1.